The molecule has 4 nitrogen and oxygen atoms in total. The molecule has 4 aromatic rings. The highest BCUT2D eigenvalue weighted by molar-refractivity contribution is 6.42. The molecule has 1 aromatic heterocycles. The average molecular weight is 467 g/mol. The monoisotopic (exact) mass is 466 g/mol. The maximum atomic E-state index is 6.83. The van der Waals surface area contributed by atoms with Crippen molar-refractivity contribution in [2.75, 3.05) is 13.2 Å². The van der Waals surface area contributed by atoms with E-state index >= 15 is 0 Å². The number of aromatic amines is 1. The lowest BCUT2D eigenvalue weighted by Crippen LogP contribution is -1.99. The molecule has 6 heteroatoms. The van der Waals surface area contributed by atoms with Crippen molar-refractivity contribution in [1.29, 1.82) is 0 Å². The first-order valence-corrected chi connectivity index (χ1v) is 11.7. The van der Waals surface area contributed by atoms with Gasteiger partial charge in [0.25, 0.3) is 0 Å². The Morgan fingerprint density at radius 1 is 1.03 bits per heavy atom. The van der Waals surface area contributed by atoms with Gasteiger partial charge in [-0.2, -0.15) is 0 Å². The summed E-state index contributed by atoms with van der Waals surface area (Å²) in [5.74, 6) is 3.24. The standard InChI is InChI=1S/C26H24Cl2N2O2/c1-2-31-22-6-4-3-5-19(22)24-20(27)14-21-26(25(24)28)30-23(29-21)13-16-9-11-18(12-10-16)32-15-17-7-8-17/h3-6,9-12,14,17H,2,7-8,13,15H2,1H3,(H,29,30). The lowest BCUT2D eigenvalue weighted by Gasteiger charge is -2.13. The molecule has 5 rings (SSSR count). The number of hydrogen-bond donors (Lipinski definition) is 1. The molecule has 0 bridgehead atoms. The topological polar surface area (TPSA) is 47.1 Å². The van der Waals surface area contributed by atoms with Gasteiger partial charge in [-0.15, -0.1) is 0 Å². The van der Waals surface area contributed by atoms with Crippen LogP contribution < -0.4 is 9.47 Å². The summed E-state index contributed by atoms with van der Waals surface area (Å²) in [4.78, 5) is 8.12. The van der Waals surface area contributed by atoms with Gasteiger partial charge < -0.3 is 14.5 Å². The van der Waals surface area contributed by atoms with Gasteiger partial charge in [-0.25, -0.2) is 4.98 Å². The van der Waals surface area contributed by atoms with E-state index in [9.17, 15) is 0 Å². The van der Waals surface area contributed by atoms with Crippen molar-refractivity contribution in [2.45, 2.75) is 26.2 Å². The largest absolute Gasteiger partial charge is 0.493 e. The molecule has 0 spiro atoms. The number of halogens is 2. The summed E-state index contributed by atoms with van der Waals surface area (Å²) in [6.07, 6.45) is 3.24. The molecule has 0 atom stereocenters. The molecule has 1 heterocycles. The van der Waals surface area contributed by atoms with Crippen molar-refractivity contribution in [1.82, 2.24) is 9.97 Å². The smallest absolute Gasteiger partial charge is 0.127 e. The maximum absolute atomic E-state index is 6.83. The second kappa shape index (κ2) is 9.05. The Balaban J connectivity index is 1.42. The fraction of sp³-hybridized carbons (Fsp3) is 0.269. The Morgan fingerprint density at radius 3 is 2.56 bits per heavy atom. The number of benzene rings is 3. The van der Waals surface area contributed by atoms with Crippen LogP contribution in [0, 0.1) is 5.92 Å². The zero-order chi connectivity index (χ0) is 22.1. The van der Waals surface area contributed by atoms with E-state index < -0.39 is 0 Å². The van der Waals surface area contributed by atoms with Gasteiger partial charge in [-0.3, -0.25) is 0 Å². The van der Waals surface area contributed by atoms with E-state index in [0.29, 0.717) is 23.1 Å². The third-order valence-corrected chi connectivity index (χ3v) is 6.33. The summed E-state index contributed by atoms with van der Waals surface area (Å²) < 4.78 is 11.6. The number of nitrogens with zero attached hydrogens (tertiary/aromatic N) is 1. The van der Waals surface area contributed by atoms with E-state index in [1.54, 1.807) is 0 Å². The van der Waals surface area contributed by atoms with Gasteiger partial charge >= 0.3 is 0 Å². The quantitative estimate of drug-likeness (QED) is 0.296. The zero-order valence-corrected chi connectivity index (χ0v) is 19.3. The highest BCUT2D eigenvalue weighted by Crippen LogP contribution is 2.43. The van der Waals surface area contributed by atoms with E-state index in [0.717, 1.165) is 57.6 Å². The summed E-state index contributed by atoms with van der Waals surface area (Å²) in [6, 6.07) is 17.8. The first-order chi connectivity index (χ1) is 15.6. The van der Waals surface area contributed by atoms with Crippen LogP contribution in [0.2, 0.25) is 10.0 Å². The Morgan fingerprint density at radius 2 is 1.81 bits per heavy atom. The number of rotatable bonds is 8. The first-order valence-electron chi connectivity index (χ1n) is 10.9. The van der Waals surface area contributed by atoms with E-state index in [1.807, 2.05) is 49.4 Å². The van der Waals surface area contributed by atoms with Gasteiger partial charge in [0.15, 0.2) is 0 Å². The highest BCUT2D eigenvalue weighted by atomic mass is 35.5. The summed E-state index contributed by atoms with van der Waals surface area (Å²) >= 11 is 13.5. The Bertz CT molecular complexity index is 1250. The number of aromatic nitrogens is 2. The lowest BCUT2D eigenvalue weighted by atomic mass is 10.0. The molecule has 0 amide bonds. The number of hydrogen-bond acceptors (Lipinski definition) is 3. The fourth-order valence-corrected chi connectivity index (χ4v) is 4.51. The third-order valence-electron chi connectivity index (χ3n) is 5.66. The molecule has 1 N–H and O–H groups in total. The number of ether oxygens (including phenoxy) is 2. The Labute approximate surface area is 197 Å². The van der Waals surface area contributed by atoms with E-state index in [-0.39, 0.29) is 0 Å². The van der Waals surface area contributed by atoms with Crippen molar-refractivity contribution < 1.29 is 9.47 Å². The van der Waals surface area contributed by atoms with E-state index in [4.69, 9.17) is 37.7 Å². The maximum Gasteiger partial charge on any atom is 0.127 e. The number of imidazole rings is 1. The van der Waals surface area contributed by atoms with Crippen molar-refractivity contribution >= 4 is 34.2 Å². The van der Waals surface area contributed by atoms with Crippen LogP contribution in [-0.2, 0) is 6.42 Å². The van der Waals surface area contributed by atoms with Crippen molar-refractivity contribution in [3.8, 4) is 22.6 Å². The van der Waals surface area contributed by atoms with Crippen LogP contribution in [0.1, 0.15) is 31.2 Å². The normalized spacial score (nSPS) is 13.5. The highest BCUT2D eigenvalue weighted by Gasteiger charge is 2.22. The van der Waals surface area contributed by atoms with Crippen LogP contribution in [0.3, 0.4) is 0 Å². The molecule has 164 valence electrons. The summed E-state index contributed by atoms with van der Waals surface area (Å²) in [5, 5.41) is 1.09. The van der Waals surface area contributed by atoms with Gasteiger partial charge in [0.1, 0.15) is 17.3 Å². The zero-order valence-electron chi connectivity index (χ0n) is 17.8. The number of fused-ring (bicyclic) bond motifs is 1. The lowest BCUT2D eigenvalue weighted by molar-refractivity contribution is 0.299. The van der Waals surface area contributed by atoms with Gasteiger partial charge in [-0.05, 0) is 55.5 Å². The minimum atomic E-state index is 0.544. The average Bonchev–Trinajstić information content (AvgIpc) is 3.54. The van der Waals surface area contributed by atoms with Crippen LogP contribution in [-0.4, -0.2) is 23.2 Å². The molecule has 1 aliphatic carbocycles. The molecule has 0 unspecified atom stereocenters. The molecule has 0 radical (unpaired) electrons. The molecular weight excluding hydrogens is 443 g/mol. The molecule has 1 saturated carbocycles. The van der Waals surface area contributed by atoms with Crippen LogP contribution in [0.15, 0.2) is 54.6 Å². The van der Waals surface area contributed by atoms with Crippen molar-refractivity contribution in [3.63, 3.8) is 0 Å². The fourth-order valence-electron chi connectivity index (χ4n) is 3.81. The molecule has 0 aliphatic heterocycles. The minimum Gasteiger partial charge on any atom is -0.493 e. The molecule has 1 fully saturated rings. The van der Waals surface area contributed by atoms with Gasteiger partial charge in [0.2, 0.25) is 0 Å². The minimum absolute atomic E-state index is 0.544. The second-order valence-corrected chi connectivity index (χ2v) is 8.91. The third kappa shape index (κ3) is 4.43. The van der Waals surface area contributed by atoms with Gasteiger partial charge in [-0.1, -0.05) is 53.5 Å². The van der Waals surface area contributed by atoms with Gasteiger partial charge in [0.05, 0.1) is 34.3 Å². The van der Waals surface area contributed by atoms with Crippen LogP contribution in [0.25, 0.3) is 22.2 Å². The molecular formula is C26H24Cl2N2O2. The van der Waals surface area contributed by atoms with Crippen LogP contribution >= 0.6 is 23.2 Å². The number of nitrogens with one attached hydrogen (secondary N) is 1. The second-order valence-electron chi connectivity index (χ2n) is 8.13. The SMILES string of the molecule is CCOc1ccccc1-c1c(Cl)cc2nc(Cc3ccc(OCC4CC4)cc3)[nH]c2c1Cl. The van der Waals surface area contributed by atoms with Crippen molar-refractivity contribution in [3.05, 3.63) is 76.0 Å². The Hall–Kier alpha value is -2.69. The number of H-pyrrole nitrogens is 1. The van der Waals surface area contributed by atoms with Crippen LogP contribution in [0.4, 0.5) is 0 Å². The van der Waals surface area contributed by atoms with Gasteiger partial charge in [0, 0.05) is 17.5 Å². The summed E-state index contributed by atoms with van der Waals surface area (Å²) in [6.45, 7) is 3.33. The molecule has 32 heavy (non-hydrogen) atoms. The number of para-hydroxylation sites is 1. The predicted molar refractivity (Wildman–Crippen MR) is 130 cm³/mol. The van der Waals surface area contributed by atoms with E-state index in [2.05, 4.69) is 17.1 Å². The van der Waals surface area contributed by atoms with Crippen molar-refractivity contribution in [2.24, 2.45) is 5.92 Å². The molecule has 3 aromatic carbocycles. The predicted octanol–water partition coefficient (Wildman–Crippen LogP) is 7.32. The van der Waals surface area contributed by atoms with E-state index in [1.165, 1.54) is 12.8 Å². The molecule has 1 aliphatic rings. The summed E-state index contributed by atoms with van der Waals surface area (Å²) in [7, 11) is 0. The van der Waals surface area contributed by atoms with Crippen LogP contribution in [0.5, 0.6) is 11.5 Å². The first kappa shape index (κ1) is 21.2. The molecule has 0 saturated heterocycles. The summed E-state index contributed by atoms with van der Waals surface area (Å²) in [5.41, 5.74) is 4.28. The Kier molecular flexibility index (Phi) is 5.99.